The molecular formula is C15H12BrClFNO. The van der Waals surface area contributed by atoms with Crippen molar-refractivity contribution in [3.8, 4) is 0 Å². The van der Waals surface area contributed by atoms with Crippen molar-refractivity contribution in [1.29, 1.82) is 0 Å². The third kappa shape index (κ3) is 3.58. The van der Waals surface area contributed by atoms with Gasteiger partial charge in [0.15, 0.2) is 0 Å². The average molecular weight is 357 g/mol. The second kappa shape index (κ2) is 6.86. The van der Waals surface area contributed by atoms with Gasteiger partial charge in [0.1, 0.15) is 5.82 Å². The molecule has 0 aliphatic rings. The van der Waals surface area contributed by atoms with Crippen molar-refractivity contribution >= 4 is 33.4 Å². The Hall–Kier alpha value is -1.39. The lowest BCUT2D eigenvalue weighted by Gasteiger charge is -2.16. The second-order valence-corrected chi connectivity index (χ2v) is 5.38. The molecule has 0 heterocycles. The van der Waals surface area contributed by atoms with Gasteiger partial charge in [-0.3, -0.25) is 4.79 Å². The van der Waals surface area contributed by atoms with Crippen LogP contribution in [0, 0.1) is 5.82 Å². The molecule has 0 radical (unpaired) electrons. The van der Waals surface area contributed by atoms with Crippen LogP contribution in [0.5, 0.6) is 0 Å². The summed E-state index contributed by atoms with van der Waals surface area (Å²) in [6.45, 7) is 0. The molecule has 1 N–H and O–H groups in total. The Morgan fingerprint density at radius 3 is 2.55 bits per heavy atom. The molecule has 2 aromatic carbocycles. The molecule has 2 rings (SSSR count). The van der Waals surface area contributed by atoms with E-state index < -0.39 is 5.82 Å². The molecule has 1 amide bonds. The number of hydrogen-bond donors (Lipinski definition) is 1. The summed E-state index contributed by atoms with van der Waals surface area (Å²) >= 11 is 8.95. The molecule has 104 valence electrons. The first-order valence-corrected chi connectivity index (χ1v) is 7.31. The molecular weight excluding hydrogens is 345 g/mol. The Morgan fingerprint density at radius 1 is 1.25 bits per heavy atom. The van der Waals surface area contributed by atoms with E-state index in [4.69, 9.17) is 11.6 Å². The van der Waals surface area contributed by atoms with E-state index in [9.17, 15) is 9.18 Å². The molecule has 2 aromatic rings. The Kier molecular flexibility index (Phi) is 5.15. The summed E-state index contributed by atoms with van der Waals surface area (Å²) in [4.78, 5) is 12.1. The predicted octanol–water partition coefficient (Wildman–Crippen LogP) is 4.30. The summed E-state index contributed by atoms with van der Waals surface area (Å²) in [5.41, 5.74) is 1.17. The number of carbonyl (C=O) groups is 1. The van der Waals surface area contributed by atoms with Crippen LogP contribution in [-0.2, 0) is 0 Å². The summed E-state index contributed by atoms with van der Waals surface area (Å²) < 4.78 is 13.8. The van der Waals surface area contributed by atoms with Gasteiger partial charge in [-0.25, -0.2) is 4.39 Å². The lowest BCUT2D eigenvalue weighted by molar-refractivity contribution is 0.0940. The molecule has 0 fully saturated rings. The number of alkyl halides is 1. The molecule has 0 aromatic heterocycles. The fraction of sp³-hybridized carbons (Fsp3) is 0.133. The molecule has 0 saturated carbocycles. The van der Waals surface area contributed by atoms with E-state index in [0.717, 1.165) is 5.56 Å². The van der Waals surface area contributed by atoms with Gasteiger partial charge in [-0.15, -0.1) is 11.6 Å². The maximum Gasteiger partial charge on any atom is 0.251 e. The second-order valence-electron chi connectivity index (χ2n) is 4.22. The van der Waals surface area contributed by atoms with Gasteiger partial charge in [0.2, 0.25) is 0 Å². The topological polar surface area (TPSA) is 29.1 Å². The van der Waals surface area contributed by atoms with Gasteiger partial charge in [-0.05, 0) is 39.7 Å². The van der Waals surface area contributed by atoms with E-state index in [-0.39, 0.29) is 23.4 Å². The van der Waals surface area contributed by atoms with Crippen molar-refractivity contribution in [3.05, 3.63) is 69.9 Å². The number of halogens is 3. The highest BCUT2D eigenvalue weighted by atomic mass is 79.9. The van der Waals surface area contributed by atoms with E-state index in [1.807, 2.05) is 30.3 Å². The van der Waals surface area contributed by atoms with Crippen LogP contribution in [0.15, 0.2) is 53.0 Å². The molecule has 0 aliphatic carbocycles. The van der Waals surface area contributed by atoms with Crippen LogP contribution in [0.3, 0.4) is 0 Å². The van der Waals surface area contributed by atoms with Crippen molar-refractivity contribution < 1.29 is 9.18 Å². The van der Waals surface area contributed by atoms with Crippen LogP contribution in [-0.4, -0.2) is 11.8 Å². The van der Waals surface area contributed by atoms with Gasteiger partial charge >= 0.3 is 0 Å². The maximum absolute atomic E-state index is 13.4. The number of carbonyl (C=O) groups excluding carboxylic acids is 1. The van der Waals surface area contributed by atoms with Crippen molar-refractivity contribution in [2.45, 2.75) is 6.04 Å². The quantitative estimate of drug-likeness (QED) is 0.813. The number of amides is 1. The molecule has 0 spiro atoms. The largest absolute Gasteiger partial charge is 0.344 e. The lowest BCUT2D eigenvalue weighted by atomic mass is 10.1. The Bertz CT molecular complexity index is 606. The normalized spacial score (nSPS) is 11.9. The van der Waals surface area contributed by atoms with Gasteiger partial charge in [0.25, 0.3) is 5.91 Å². The van der Waals surface area contributed by atoms with Crippen LogP contribution in [0.4, 0.5) is 4.39 Å². The third-order valence-corrected chi connectivity index (χ3v) is 3.80. The minimum atomic E-state index is -0.472. The fourth-order valence-electron chi connectivity index (χ4n) is 1.78. The van der Waals surface area contributed by atoms with Gasteiger partial charge in [0, 0.05) is 11.4 Å². The average Bonchev–Trinajstić information content (AvgIpc) is 2.48. The van der Waals surface area contributed by atoms with Crippen LogP contribution in [0.1, 0.15) is 22.0 Å². The van der Waals surface area contributed by atoms with E-state index in [1.165, 1.54) is 12.1 Å². The molecule has 5 heteroatoms. The Labute approximate surface area is 130 Å². The van der Waals surface area contributed by atoms with Crippen molar-refractivity contribution in [3.63, 3.8) is 0 Å². The Morgan fingerprint density at radius 2 is 1.95 bits per heavy atom. The zero-order valence-corrected chi connectivity index (χ0v) is 12.8. The number of benzene rings is 2. The summed E-state index contributed by atoms with van der Waals surface area (Å²) in [7, 11) is 0. The van der Waals surface area contributed by atoms with Gasteiger partial charge in [0.05, 0.1) is 10.5 Å². The van der Waals surface area contributed by atoms with Crippen molar-refractivity contribution in [2.24, 2.45) is 0 Å². The first kappa shape index (κ1) is 15.0. The molecule has 1 atom stereocenters. The molecule has 20 heavy (non-hydrogen) atoms. The van der Waals surface area contributed by atoms with Gasteiger partial charge < -0.3 is 5.32 Å². The van der Waals surface area contributed by atoms with Crippen molar-refractivity contribution in [2.75, 3.05) is 5.88 Å². The zero-order chi connectivity index (χ0) is 14.5. The molecule has 1 unspecified atom stereocenters. The molecule has 0 aliphatic heterocycles. The number of nitrogens with one attached hydrogen (secondary N) is 1. The highest BCUT2D eigenvalue weighted by Gasteiger charge is 2.15. The van der Waals surface area contributed by atoms with E-state index >= 15 is 0 Å². The molecule has 0 bridgehead atoms. The van der Waals surface area contributed by atoms with Crippen molar-refractivity contribution in [1.82, 2.24) is 5.32 Å². The first-order chi connectivity index (χ1) is 9.61. The Balaban J connectivity index is 2.15. The van der Waals surface area contributed by atoms with Crippen LogP contribution >= 0.6 is 27.5 Å². The number of rotatable bonds is 4. The summed E-state index contributed by atoms with van der Waals surface area (Å²) in [6.07, 6.45) is 0. The summed E-state index contributed by atoms with van der Waals surface area (Å²) in [6, 6.07) is 13.3. The monoisotopic (exact) mass is 355 g/mol. The van der Waals surface area contributed by atoms with Crippen LogP contribution in [0.2, 0.25) is 0 Å². The van der Waals surface area contributed by atoms with E-state index in [1.54, 1.807) is 6.07 Å². The van der Waals surface area contributed by atoms with Crippen LogP contribution in [0.25, 0.3) is 0 Å². The number of hydrogen-bond acceptors (Lipinski definition) is 1. The first-order valence-electron chi connectivity index (χ1n) is 5.98. The third-order valence-electron chi connectivity index (χ3n) is 2.84. The van der Waals surface area contributed by atoms with Gasteiger partial charge in [-0.1, -0.05) is 30.3 Å². The fourth-order valence-corrected chi connectivity index (χ4v) is 2.28. The molecule has 2 nitrogen and oxygen atoms in total. The maximum atomic E-state index is 13.4. The lowest BCUT2D eigenvalue weighted by Crippen LogP contribution is -2.29. The minimum absolute atomic E-state index is 0.245. The smallest absolute Gasteiger partial charge is 0.251 e. The summed E-state index contributed by atoms with van der Waals surface area (Å²) in [5.74, 6) is -0.583. The van der Waals surface area contributed by atoms with E-state index in [0.29, 0.717) is 4.47 Å². The highest BCUT2D eigenvalue weighted by molar-refractivity contribution is 9.10. The standard InChI is InChI=1S/C15H12BrClFNO/c16-12-7-6-11(8-13(12)18)15(20)19-14(9-17)10-4-2-1-3-5-10/h1-8,14H,9H2,(H,19,20). The highest BCUT2D eigenvalue weighted by Crippen LogP contribution is 2.18. The van der Waals surface area contributed by atoms with E-state index in [2.05, 4.69) is 21.2 Å². The molecule has 0 saturated heterocycles. The minimum Gasteiger partial charge on any atom is -0.344 e. The van der Waals surface area contributed by atoms with Gasteiger partial charge in [-0.2, -0.15) is 0 Å². The van der Waals surface area contributed by atoms with Crippen LogP contribution < -0.4 is 5.32 Å². The summed E-state index contributed by atoms with van der Waals surface area (Å²) in [5, 5.41) is 2.79. The predicted molar refractivity (Wildman–Crippen MR) is 81.5 cm³/mol. The SMILES string of the molecule is O=C(NC(CCl)c1ccccc1)c1ccc(Br)c(F)c1. The zero-order valence-electron chi connectivity index (χ0n) is 10.4.